The fraction of sp³-hybridized carbons (Fsp3) is 0.143. The SMILES string of the molecule is COc1ccc(Cn2c(=O)c3nccnc3n(Cc3c(F)cccc3Cl)c2=O)cc1. The van der Waals surface area contributed by atoms with Crippen molar-refractivity contribution in [1.82, 2.24) is 19.1 Å². The molecule has 7 nitrogen and oxygen atoms in total. The summed E-state index contributed by atoms with van der Waals surface area (Å²) in [5.74, 6) is 0.0985. The number of aromatic nitrogens is 4. The molecule has 0 amide bonds. The van der Waals surface area contributed by atoms with E-state index in [9.17, 15) is 14.0 Å². The molecule has 30 heavy (non-hydrogen) atoms. The maximum atomic E-state index is 14.3. The minimum Gasteiger partial charge on any atom is -0.497 e. The van der Waals surface area contributed by atoms with E-state index < -0.39 is 17.1 Å². The number of fused-ring (bicyclic) bond motifs is 1. The van der Waals surface area contributed by atoms with Gasteiger partial charge in [-0.15, -0.1) is 0 Å². The van der Waals surface area contributed by atoms with Gasteiger partial charge in [-0.1, -0.05) is 29.8 Å². The van der Waals surface area contributed by atoms with Crippen molar-refractivity contribution in [3.63, 3.8) is 0 Å². The molecular weight excluding hydrogens is 411 g/mol. The Kier molecular flexibility index (Phi) is 5.33. The van der Waals surface area contributed by atoms with Crippen LogP contribution in [0.1, 0.15) is 11.1 Å². The summed E-state index contributed by atoms with van der Waals surface area (Å²) in [4.78, 5) is 34.4. The van der Waals surface area contributed by atoms with Gasteiger partial charge in [-0.3, -0.25) is 13.9 Å². The summed E-state index contributed by atoms with van der Waals surface area (Å²) in [5, 5.41) is 0.173. The predicted octanol–water partition coefficient (Wildman–Crippen LogP) is 2.85. The van der Waals surface area contributed by atoms with Crippen LogP contribution >= 0.6 is 11.6 Å². The van der Waals surface area contributed by atoms with Crippen LogP contribution < -0.4 is 16.0 Å². The average molecular weight is 427 g/mol. The van der Waals surface area contributed by atoms with E-state index in [4.69, 9.17) is 16.3 Å². The van der Waals surface area contributed by atoms with Crippen LogP contribution in [0, 0.1) is 5.82 Å². The van der Waals surface area contributed by atoms with Crippen molar-refractivity contribution in [2.75, 3.05) is 7.11 Å². The third-order valence-corrected chi connectivity index (χ3v) is 5.08. The maximum absolute atomic E-state index is 14.3. The first-order valence-corrected chi connectivity index (χ1v) is 9.37. The highest BCUT2D eigenvalue weighted by molar-refractivity contribution is 6.31. The molecule has 0 aliphatic heterocycles. The summed E-state index contributed by atoms with van der Waals surface area (Å²) in [6.45, 7) is -0.179. The molecule has 2 heterocycles. The molecule has 0 saturated heterocycles. The minimum atomic E-state index is -0.636. The fourth-order valence-electron chi connectivity index (χ4n) is 3.17. The first-order chi connectivity index (χ1) is 14.5. The minimum absolute atomic E-state index is 0.0121. The van der Waals surface area contributed by atoms with Crippen molar-refractivity contribution >= 4 is 22.8 Å². The highest BCUT2D eigenvalue weighted by atomic mass is 35.5. The van der Waals surface area contributed by atoms with E-state index in [-0.39, 0.29) is 34.8 Å². The Morgan fingerprint density at radius 2 is 1.73 bits per heavy atom. The number of hydrogen-bond acceptors (Lipinski definition) is 5. The van der Waals surface area contributed by atoms with Gasteiger partial charge in [-0.05, 0) is 29.8 Å². The highest BCUT2D eigenvalue weighted by Gasteiger charge is 2.18. The second-order valence-corrected chi connectivity index (χ2v) is 6.94. The monoisotopic (exact) mass is 426 g/mol. The quantitative estimate of drug-likeness (QED) is 0.490. The molecule has 0 fully saturated rings. The topological polar surface area (TPSA) is 79.0 Å². The lowest BCUT2D eigenvalue weighted by atomic mass is 10.2. The summed E-state index contributed by atoms with van der Waals surface area (Å²) < 4.78 is 21.7. The van der Waals surface area contributed by atoms with Gasteiger partial charge in [0.15, 0.2) is 11.2 Å². The van der Waals surface area contributed by atoms with Crippen LogP contribution in [-0.4, -0.2) is 26.2 Å². The molecule has 0 bridgehead atoms. The molecule has 0 atom stereocenters. The number of hydrogen-bond donors (Lipinski definition) is 0. The van der Waals surface area contributed by atoms with Gasteiger partial charge in [0.2, 0.25) is 0 Å². The number of nitrogens with zero attached hydrogens (tertiary/aromatic N) is 4. The van der Waals surface area contributed by atoms with Crippen LogP contribution in [0.5, 0.6) is 5.75 Å². The zero-order chi connectivity index (χ0) is 21.3. The lowest BCUT2D eigenvalue weighted by Crippen LogP contribution is -2.41. The molecule has 0 radical (unpaired) electrons. The number of rotatable bonds is 5. The lowest BCUT2D eigenvalue weighted by molar-refractivity contribution is 0.414. The van der Waals surface area contributed by atoms with E-state index in [1.165, 1.54) is 35.2 Å². The normalized spacial score (nSPS) is 11.0. The zero-order valence-corrected chi connectivity index (χ0v) is 16.6. The number of benzene rings is 2. The fourth-order valence-corrected chi connectivity index (χ4v) is 3.39. The molecule has 0 N–H and O–H groups in total. The van der Waals surface area contributed by atoms with E-state index in [0.717, 1.165) is 4.57 Å². The number of methoxy groups -OCH3 is 1. The van der Waals surface area contributed by atoms with Gasteiger partial charge in [0, 0.05) is 23.0 Å². The Hall–Kier alpha value is -3.52. The van der Waals surface area contributed by atoms with E-state index in [1.54, 1.807) is 31.4 Å². The number of ether oxygens (including phenoxy) is 1. The predicted molar refractivity (Wildman–Crippen MR) is 111 cm³/mol. The first-order valence-electron chi connectivity index (χ1n) is 8.99. The molecule has 2 aromatic carbocycles. The first kappa shape index (κ1) is 19.8. The van der Waals surface area contributed by atoms with Crippen LogP contribution in [-0.2, 0) is 13.1 Å². The van der Waals surface area contributed by atoms with Gasteiger partial charge in [-0.25, -0.2) is 19.2 Å². The molecule has 4 rings (SSSR count). The van der Waals surface area contributed by atoms with Crippen molar-refractivity contribution in [3.8, 4) is 5.75 Å². The smallest absolute Gasteiger partial charge is 0.333 e. The summed E-state index contributed by atoms with van der Waals surface area (Å²) in [6.07, 6.45) is 2.74. The summed E-state index contributed by atoms with van der Waals surface area (Å²) in [6, 6.07) is 11.2. The van der Waals surface area contributed by atoms with Gasteiger partial charge < -0.3 is 4.74 Å². The Balaban J connectivity index is 1.89. The van der Waals surface area contributed by atoms with Gasteiger partial charge in [-0.2, -0.15) is 0 Å². The molecule has 9 heteroatoms. The summed E-state index contributed by atoms with van der Waals surface area (Å²) in [7, 11) is 1.55. The van der Waals surface area contributed by atoms with Crippen LogP contribution in [0.3, 0.4) is 0 Å². The van der Waals surface area contributed by atoms with E-state index >= 15 is 0 Å². The second-order valence-electron chi connectivity index (χ2n) is 6.54. The van der Waals surface area contributed by atoms with Gasteiger partial charge in [0.05, 0.1) is 20.2 Å². The molecule has 152 valence electrons. The Bertz CT molecular complexity index is 1330. The molecule has 0 saturated carbocycles. The Labute approximate surface area is 175 Å². The van der Waals surface area contributed by atoms with Gasteiger partial charge in [0.1, 0.15) is 11.6 Å². The second kappa shape index (κ2) is 8.08. The average Bonchev–Trinajstić information content (AvgIpc) is 2.76. The summed E-state index contributed by atoms with van der Waals surface area (Å²) >= 11 is 6.14. The van der Waals surface area contributed by atoms with Crippen molar-refractivity contribution in [2.24, 2.45) is 0 Å². The van der Waals surface area contributed by atoms with Crippen molar-refractivity contribution in [3.05, 3.63) is 97.7 Å². The molecule has 0 aliphatic carbocycles. The standard InChI is InChI=1S/C21H16ClFN4O3/c1-30-14-7-5-13(6-8-14)11-27-20(28)18-19(25-10-9-24-18)26(21(27)29)12-15-16(22)3-2-4-17(15)23/h2-10H,11-12H2,1H3. The number of halogens is 2. The lowest BCUT2D eigenvalue weighted by Gasteiger charge is -2.14. The Morgan fingerprint density at radius 1 is 1.00 bits per heavy atom. The van der Waals surface area contributed by atoms with Crippen LogP contribution in [0.4, 0.5) is 4.39 Å². The van der Waals surface area contributed by atoms with Crippen LogP contribution in [0.25, 0.3) is 11.2 Å². The van der Waals surface area contributed by atoms with Gasteiger partial charge in [0.25, 0.3) is 5.56 Å². The maximum Gasteiger partial charge on any atom is 0.333 e. The van der Waals surface area contributed by atoms with Crippen molar-refractivity contribution in [2.45, 2.75) is 13.1 Å². The molecule has 0 aliphatic rings. The van der Waals surface area contributed by atoms with E-state index in [1.807, 2.05) is 0 Å². The summed E-state index contributed by atoms with van der Waals surface area (Å²) in [5.41, 5.74) is -0.287. The van der Waals surface area contributed by atoms with Crippen molar-refractivity contribution < 1.29 is 9.13 Å². The Morgan fingerprint density at radius 3 is 2.43 bits per heavy atom. The molecule has 4 aromatic rings. The molecular formula is C21H16ClFN4O3. The molecule has 0 unspecified atom stereocenters. The highest BCUT2D eigenvalue weighted by Crippen LogP contribution is 2.20. The third kappa shape index (κ3) is 3.57. The van der Waals surface area contributed by atoms with Crippen molar-refractivity contribution in [1.29, 1.82) is 0 Å². The molecule has 0 spiro atoms. The van der Waals surface area contributed by atoms with E-state index in [2.05, 4.69) is 9.97 Å². The molecule has 2 aromatic heterocycles. The van der Waals surface area contributed by atoms with E-state index in [0.29, 0.717) is 11.3 Å². The van der Waals surface area contributed by atoms with Crippen LogP contribution in [0.15, 0.2) is 64.4 Å². The van der Waals surface area contributed by atoms with Gasteiger partial charge >= 0.3 is 5.69 Å². The zero-order valence-electron chi connectivity index (χ0n) is 15.9. The third-order valence-electron chi connectivity index (χ3n) is 4.72. The largest absolute Gasteiger partial charge is 0.497 e. The van der Waals surface area contributed by atoms with Crippen LogP contribution in [0.2, 0.25) is 5.02 Å².